The highest BCUT2D eigenvalue weighted by Crippen LogP contribution is 2.40. The minimum Gasteiger partial charge on any atom is -0.465 e. The van der Waals surface area contributed by atoms with E-state index in [2.05, 4.69) is 0 Å². The van der Waals surface area contributed by atoms with Gasteiger partial charge in [-0.15, -0.1) is 11.8 Å². The highest BCUT2D eigenvalue weighted by atomic mass is 32.2. The van der Waals surface area contributed by atoms with Gasteiger partial charge in [0.25, 0.3) is 11.8 Å². The van der Waals surface area contributed by atoms with Crippen molar-refractivity contribution in [3.63, 3.8) is 0 Å². The number of nitrogens with zero attached hydrogens (tertiary/aromatic N) is 2. The molecular formula is C22H20N2O5S. The van der Waals surface area contributed by atoms with E-state index in [9.17, 15) is 19.2 Å². The van der Waals surface area contributed by atoms with E-state index < -0.39 is 35.1 Å². The molecule has 2 aliphatic heterocycles. The molecule has 0 saturated carbocycles. The van der Waals surface area contributed by atoms with Crippen molar-refractivity contribution in [1.29, 1.82) is 0 Å². The van der Waals surface area contributed by atoms with Gasteiger partial charge in [0.2, 0.25) is 5.91 Å². The van der Waals surface area contributed by atoms with Crippen LogP contribution < -0.4 is 0 Å². The van der Waals surface area contributed by atoms with Crippen molar-refractivity contribution in [2.24, 2.45) is 0 Å². The lowest BCUT2D eigenvalue weighted by Gasteiger charge is -2.40. The molecule has 0 aliphatic carbocycles. The predicted molar refractivity (Wildman–Crippen MR) is 111 cm³/mol. The second-order valence-corrected chi connectivity index (χ2v) is 8.02. The van der Waals surface area contributed by atoms with Gasteiger partial charge < -0.3 is 9.64 Å². The van der Waals surface area contributed by atoms with Crippen molar-refractivity contribution in [3.8, 4) is 0 Å². The summed E-state index contributed by atoms with van der Waals surface area (Å²) in [5.41, 5.74) is 1.45. The van der Waals surface area contributed by atoms with Crippen molar-refractivity contribution in [2.75, 3.05) is 18.9 Å². The van der Waals surface area contributed by atoms with E-state index in [4.69, 9.17) is 4.74 Å². The number of imide groups is 1. The zero-order chi connectivity index (χ0) is 21.3. The van der Waals surface area contributed by atoms with Crippen LogP contribution in [0, 0.1) is 0 Å². The number of carbonyl (C=O) groups excluding carboxylic acids is 4. The molecule has 2 aliphatic rings. The fourth-order valence-electron chi connectivity index (χ4n) is 3.73. The number of hydrogen-bond donors (Lipinski definition) is 0. The van der Waals surface area contributed by atoms with Gasteiger partial charge in [-0.1, -0.05) is 42.5 Å². The van der Waals surface area contributed by atoms with E-state index in [1.54, 1.807) is 31.2 Å². The van der Waals surface area contributed by atoms with Gasteiger partial charge in [-0.3, -0.25) is 24.1 Å². The molecule has 2 aromatic carbocycles. The van der Waals surface area contributed by atoms with E-state index >= 15 is 0 Å². The lowest BCUT2D eigenvalue weighted by atomic mass is 10.1. The van der Waals surface area contributed by atoms with Crippen LogP contribution in [-0.4, -0.2) is 58.4 Å². The Morgan fingerprint density at radius 3 is 2.20 bits per heavy atom. The van der Waals surface area contributed by atoms with Gasteiger partial charge in [0.15, 0.2) is 0 Å². The summed E-state index contributed by atoms with van der Waals surface area (Å²) in [5.74, 6) is -1.68. The Morgan fingerprint density at radius 2 is 1.60 bits per heavy atom. The number of esters is 1. The van der Waals surface area contributed by atoms with Crippen LogP contribution in [0.1, 0.15) is 38.6 Å². The summed E-state index contributed by atoms with van der Waals surface area (Å²) in [7, 11) is 0. The maximum atomic E-state index is 13.4. The first kappa shape index (κ1) is 20.2. The first-order chi connectivity index (χ1) is 14.5. The highest BCUT2D eigenvalue weighted by molar-refractivity contribution is 7.99. The smallest absolute Gasteiger partial charge is 0.325 e. The van der Waals surface area contributed by atoms with Crippen molar-refractivity contribution in [3.05, 3.63) is 71.3 Å². The highest BCUT2D eigenvalue weighted by Gasteiger charge is 2.48. The molecule has 0 spiro atoms. The van der Waals surface area contributed by atoms with E-state index in [1.807, 2.05) is 30.3 Å². The maximum Gasteiger partial charge on any atom is 0.325 e. The summed E-state index contributed by atoms with van der Waals surface area (Å²) in [6.07, 6.45) is 0. The zero-order valence-electron chi connectivity index (χ0n) is 16.3. The quantitative estimate of drug-likeness (QED) is 0.542. The summed E-state index contributed by atoms with van der Waals surface area (Å²) in [4.78, 5) is 53.8. The zero-order valence-corrected chi connectivity index (χ0v) is 17.1. The number of rotatable bonds is 5. The molecule has 2 heterocycles. The van der Waals surface area contributed by atoms with Gasteiger partial charge in [-0.25, -0.2) is 0 Å². The lowest BCUT2D eigenvalue weighted by Crippen LogP contribution is -2.56. The topological polar surface area (TPSA) is 84.0 Å². The van der Waals surface area contributed by atoms with Gasteiger partial charge in [0.05, 0.1) is 17.7 Å². The van der Waals surface area contributed by atoms with Gasteiger partial charge in [-0.05, 0) is 24.6 Å². The molecule has 2 aromatic rings. The van der Waals surface area contributed by atoms with Crippen LogP contribution in [0.4, 0.5) is 0 Å². The molecule has 154 valence electrons. The van der Waals surface area contributed by atoms with E-state index in [-0.39, 0.29) is 18.9 Å². The Bertz CT molecular complexity index is 975. The Hall–Kier alpha value is -3.13. The fourth-order valence-corrected chi connectivity index (χ4v) is 5.09. The largest absolute Gasteiger partial charge is 0.465 e. The van der Waals surface area contributed by atoms with E-state index in [0.29, 0.717) is 11.1 Å². The third-order valence-electron chi connectivity index (χ3n) is 5.09. The summed E-state index contributed by atoms with van der Waals surface area (Å²) < 4.78 is 5.04. The summed E-state index contributed by atoms with van der Waals surface area (Å²) in [6, 6.07) is 14.9. The molecule has 0 N–H and O–H groups in total. The van der Waals surface area contributed by atoms with Crippen LogP contribution in [0.25, 0.3) is 0 Å². The summed E-state index contributed by atoms with van der Waals surface area (Å²) in [6.45, 7) is 1.64. The number of hydrogen-bond acceptors (Lipinski definition) is 6. The van der Waals surface area contributed by atoms with Gasteiger partial charge in [-0.2, -0.15) is 0 Å². The number of ether oxygens (including phenoxy) is 1. The van der Waals surface area contributed by atoms with Crippen molar-refractivity contribution >= 4 is 35.5 Å². The van der Waals surface area contributed by atoms with Crippen molar-refractivity contribution < 1.29 is 23.9 Å². The number of fused-ring (bicyclic) bond motifs is 1. The average Bonchev–Trinajstić information content (AvgIpc) is 3.01. The molecule has 0 aromatic heterocycles. The second-order valence-electron chi connectivity index (χ2n) is 6.91. The first-order valence-electron chi connectivity index (χ1n) is 9.62. The number of thioether (sulfide) groups is 1. The Balaban J connectivity index is 1.65. The SMILES string of the molecule is CCOC(=O)CN1C(=O)[C@@H](N2C(=O)c3ccccc3C2=O)CSC1c1ccccc1. The van der Waals surface area contributed by atoms with Crippen LogP contribution in [0.5, 0.6) is 0 Å². The maximum absolute atomic E-state index is 13.4. The number of carbonyl (C=O) groups is 4. The van der Waals surface area contributed by atoms with Crippen LogP contribution in [0.15, 0.2) is 54.6 Å². The van der Waals surface area contributed by atoms with Crippen LogP contribution in [0.2, 0.25) is 0 Å². The fraction of sp³-hybridized carbons (Fsp3) is 0.273. The van der Waals surface area contributed by atoms with E-state index in [0.717, 1.165) is 10.5 Å². The molecule has 7 nitrogen and oxygen atoms in total. The van der Waals surface area contributed by atoms with E-state index in [1.165, 1.54) is 16.7 Å². The van der Waals surface area contributed by atoms with Gasteiger partial charge >= 0.3 is 5.97 Å². The summed E-state index contributed by atoms with van der Waals surface area (Å²) in [5, 5.41) is -0.408. The minimum atomic E-state index is -0.975. The van der Waals surface area contributed by atoms with Gasteiger partial charge in [0.1, 0.15) is 18.0 Å². The van der Waals surface area contributed by atoms with Gasteiger partial charge in [0, 0.05) is 5.75 Å². The molecule has 4 rings (SSSR count). The Morgan fingerprint density at radius 1 is 1.00 bits per heavy atom. The Labute approximate surface area is 178 Å². The molecular weight excluding hydrogens is 404 g/mol. The first-order valence-corrected chi connectivity index (χ1v) is 10.7. The average molecular weight is 424 g/mol. The molecule has 1 fully saturated rings. The second kappa shape index (κ2) is 8.31. The molecule has 30 heavy (non-hydrogen) atoms. The third-order valence-corrected chi connectivity index (χ3v) is 6.44. The normalized spacial score (nSPS) is 21.0. The van der Waals surface area contributed by atoms with Crippen LogP contribution in [-0.2, 0) is 14.3 Å². The molecule has 0 radical (unpaired) electrons. The molecule has 8 heteroatoms. The monoisotopic (exact) mass is 424 g/mol. The molecule has 0 bridgehead atoms. The molecule has 1 unspecified atom stereocenters. The van der Waals surface area contributed by atoms with Crippen molar-refractivity contribution in [2.45, 2.75) is 18.3 Å². The Kier molecular flexibility index (Phi) is 5.59. The molecule has 3 amide bonds. The lowest BCUT2D eigenvalue weighted by molar-refractivity contribution is -0.150. The molecule has 1 saturated heterocycles. The number of benzene rings is 2. The third kappa shape index (κ3) is 3.47. The number of amides is 3. The minimum absolute atomic E-state index is 0.200. The molecule has 2 atom stereocenters. The van der Waals surface area contributed by atoms with Crippen molar-refractivity contribution in [1.82, 2.24) is 9.80 Å². The summed E-state index contributed by atoms with van der Waals surface area (Å²) >= 11 is 1.42. The van der Waals surface area contributed by atoms with Crippen LogP contribution >= 0.6 is 11.8 Å². The standard InChI is InChI=1S/C22H20N2O5S/c1-2-29-18(25)12-23-21(28)17(13-30-22(23)14-8-4-3-5-9-14)24-19(26)15-10-6-7-11-16(15)20(24)27/h3-11,17,22H,2,12-13H2,1H3/t17-,22?/m0/s1. The van der Waals surface area contributed by atoms with Crippen LogP contribution in [0.3, 0.4) is 0 Å². The predicted octanol–water partition coefficient (Wildman–Crippen LogP) is 2.49.